The number of hydrogen-bond acceptors (Lipinski definition) is 3. The average molecular weight is 328 g/mol. The van der Waals surface area contributed by atoms with E-state index in [1.807, 2.05) is 41.4 Å². The van der Waals surface area contributed by atoms with Crippen LogP contribution in [0.1, 0.15) is 23.9 Å². The number of benzene rings is 1. The first-order valence-corrected chi connectivity index (χ1v) is 8.31. The minimum atomic E-state index is -0.0459. The van der Waals surface area contributed by atoms with Gasteiger partial charge >= 0.3 is 6.03 Å². The normalized spacial score (nSPS) is 17.2. The predicted octanol–water partition coefficient (Wildman–Crippen LogP) is 2.86. The molecule has 1 unspecified atom stereocenters. The Hall–Kier alpha value is -2.34. The first-order valence-electron chi connectivity index (χ1n) is 8.31. The molecule has 1 atom stereocenters. The van der Waals surface area contributed by atoms with Crippen LogP contribution < -0.4 is 5.32 Å². The van der Waals surface area contributed by atoms with Crippen LogP contribution in [0.25, 0.3) is 0 Å². The van der Waals surface area contributed by atoms with Gasteiger partial charge in [-0.1, -0.05) is 18.2 Å². The topological polar surface area (TPSA) is 59.4 Å². The molecule has 6 nitrogen and oxygen atoms in total. The van der Waals surface area contributed by atoms with Gasteiger partial charge in [-0.25, -0.2) is 9.78 Å². The third-order valence-corrected chi connectivity index (χ3v) is 4.47. The van der Waals surface area contributed by atoms with Gasteiger partial charge in [-0.05, 0) is 25.5 Å². The molecule has 128 valence electrons. The molecule has 1 aliphatic rings. The maximum atomic E-state index is 12.4. The molecular weight excluding hydrogens is 304 g/mol. The summed E-state index contributed by atoms with van der Waals surface area (Å²) >= 11 is 0. The molecule has 1 aliphatic heterocycles. The van der Waals surface area contributed by atoms with Crippen LogP contribution in [-0.2, 0) is 11.3 Å². The van der Waals surface area contributed by atoms with Crippen LogP contribution in [0.15, 0.2) is 36.5 Å². The van der Waals surface area contributed by atoms with E-state index >= 15 is 0 Å². The van der Waals surface area contributed by atoms with Gasteiger partial charge in [0.25, 0.3) is 0 Å². The summed E-state index contributed by atoms with van der Waals surface area (Å²) < 4.78 is 7.39. The fourth-order valence-corrected chi connectivity index (χ4v) is 3.16. The Morgan fingerprint density at radius 1 is 1.38 bits per heavy atom. The monoisotopic (exact) mass is 328 g/mol. The second-order valence-electron chi connectivity index (χ2n) is 6.13. The van der Waals surface area contributed by atoms with Crippen molar-refractivity contribution >= 4 is 11.7 Å². The fourth-order valence-electron chi connectivity index (χ4n) is 3.16. The first kappa shape index (κ1) is 16.5. The van der Waals surface area contributed by atoms with Crippen LogP contribution in [0.2, 0.25) is 0 Å². The number of rotatable bonds is 5. The minimum Gasteiger partial charge on any atom is -0.383 e. The van der Waals surface area contributed by atoms with Crippen LogP contribution in [0.3, 0.4) is 0 Å². The number of ether oxygens (including phenoxy) is 1. The summed E-state index contributed by atoms with van der Waals surface area (Å²) in [6.07, 6.45) is 2.84. The number of likely N-dealkylation sites (tertiary alicyclic amines) is 1. The molecule has 2 amide bonds. The first-order chi connectivity index (χ1) is 11.7. The largest absolute Gasteiger partial charge is 0.383 e. The Morgan fingerprint density at radius 2 is 2.17 bits per heavy atom. The summed E-state index contributed by atoms with van der Waals surface area (Å²) in [4.78, 5) is 18.9. The maximum absolute atomic E-state index is 12.4. The zero-order valence-corrected chi connectivity index (χ0v) is 14.2. The van der Waals surface area contributed by atoms with Gasteiger partial charge in [0, 0.05) is 50.2 Å². The quantitative estimate of drug-likeness (QED) is 0.918. The van der Waals surface area contributed by atoms with Gasteiger partial charge in [0.15, 0.2) is 0 Å². The molecule has 0 spiro atoms. The van der Waals surface area contributed by atoms with Crippen molar-refractivity contribution in [2.24, 2.45) is 0 Å². The van der Waals surface area contributed by atoms with Crippen LogP contribution >= 0.6 is 0 Å². The molecule has 0 aliphatic carbocycles. The third-order valence-electron chi connectivity index (χ3n) is 4.47. The van der Waals surface area contributed by atoms with Gasteiger partial charge in [-0.15, -0.1) is 0 Å². The van der Waals surface area contributed by atoms with Crippen molar-refractivity contribution < 1.29 is 9.53 Å². The van der Waals surface area contributed by atoms with E-state index in [0.29, 0.717) is 13.2 Å². The summed E-state index contributed by atoms with van der Waals surface area (Å²) in [6.45, 7) is 4.96. The number of amides is 2. The number of imidazole rings is 1. The Kier molecular flexibility index (Phi) is 5.15. The number of anilines is 1. The number of urea groups is 1. The smallest absolute Gasteiger partial charge is 0.321 e. The highest BCUT2D eigenvalue weighted by Crippen LogP contribution is 2.27. The molecule has 2 aromatic rings. The summed E-state index contributed by atoms with van der Waals surface area (Å²) in [5, 5.41) is 2.95. The van der Waals surface area contributed by atoms with Gasteiger partial charge in [0.2, 0.25) is 0 Å². The number of para-hydroxylation sites is 1. The second-order valence-corrected chi connectivity index (χ2v) is 6.13. The summed E-state index contributed by atoms with van der Waals surface area (Å²) in [5.74, 6) is 1.33. The van der Waals surface area contributed by atoms with Crippen molar-refractivity contribution in [1.82, 2.24) is 14.5 Å². The van der Waals surface area contributed by atoms with E-state index in [9.17, 15) is 4.79 Å². The molecule has 1 fully saturated rings. The van der Waals surface area contributed by atoms with Gasteiger partial charge in [-0.2, -0.15) is 0 Å². The lowest BCUT2D eigenvalue weighted by atomic mass is 10.1. The lowest BCUT2D eigenvalue weighted by molar-refractivity contribution is 0.185. The van der Waals surface area contributed by atoms with E-state index in [1.54, 1.807) is 7.11 Å². The van der Waals surface area contributed by atoms with Crippen molar-refractivity contribution in [1.29, 1.82) is 0 Å². The van der Waals surface area contributed by atoms with E-state index < -0.39 is 0 Å². The van der Waals surface area contributed by atoms with Crippen molar-refractivity contribution in [2.75, 3.05) is 32.1 Å². The van der Waals surface area contributed by atoms with E-state index in [-0.39, 0.29) is 11.9 Å². The lowest BCUT2D eigenvalue weighted by Crippen LogP contribution is -2.33. The number of carbonyl (C=O) groups excluding carboxylic acids is 1. The summed E-state index contributed by atoms with van der Waals surface area (Å²) in [7, 11) is 1.71. The van der Waals surface area contributed by atoms with E-state index in [0.717, 1.165) is 36.7 Å². The molecular formula is C18H24N4O2. The number of nitrogens with one attached hydrogen (secondary N) is 1. The molecule has 1 aromatic carbocycles. The standard InChI is InChI=1S/C18H24N4O2/c1-14-12-19-17(22(14)10-11-24-2)15-8-9-21(13-15)18(23)20-16-6-4-3-5-7-16/h3-7,12,15H,8-11,13H2,1-2H3,(H,20,23). The van der Waals surface area contributed by atoms with Crippen LogP contribution in [0, 0.1) is 6.92 Å². The zero-order valence-electron chi connectivity index (χ0n) is 14.2. The van der Waals surface area contributed by atoms with Crippen molar-refractivity contribution in [3.05, 3.63) is 48.0 Å². The number of aryl methyl sites for hydroxylation is 1. The molecule has 24 heavy (non-hydrogen) atoms. The Morgan fingerprint density at radius 3 is 2.92 bits per heavy atom. The van der Waals surface area contributed by atoms with Crippen molar-refractivity contribution in [3.63, 3.8) is 0 Å². The number of nitrogens with zero attached hydrogens (tertiary/aromatic N) is 3. The SMILES string of the molecule is COCCn1c(C)cnc1C1CCN(C(=O)Nc2ccccc2)C1. The van der Waals surface area contributed by atoms with E-state index in [4.69, 9.17) is 4.74 Å². The fraction of sp³-hybridized carbons (Fsp3) is 0.444. The molecule has 2 heterocycles. The van der Waals surface area contributed by atoms with Gasteiger partial charge in [0.05, 0.1) is 6.61 Å². The predicted molar refractivity (Wildman–Crippen MR) is 93.2 cm³/mol. The molecule has 0 radical (unpaired) electrons. The van der Waals surface area contributed by atoms with Gasteiger partial charge < -0.3 is 19.5 Å². The minimum absolute atomic E-state index is 0.0459. The number of carbonyl (C=O) groups is 1. The second kappa shape index (κ2) is 7.49. The average Bonchev–Trinajstić information content (AvgIpc) is 3.21. The van der Waals surface area contributed by atoms with Crippen LogP contribution in [-0.4, -0.2) is 47.3 Å². The van der Waals surface area contributed by atoms with Crippen LogP contribution in [0.4, 0.5) is 10.5 Å². The highest BCUT2D eigenvalue weighted by molar-refractivity contribution is 5.89. The molecule has 1 aromatic heterocycles. The number of methoxy groups -OCH3 is 1. The Labute approximate surface area is 142 Å². The van der Waals surface area contributed by atoms with Gasteiger partial charge in [0.1, 0.15) is 5.82 Å². The van der Waals surface area contributed by atoms with Gasteiger partial charge in [-0.3, -0.25) is 0 Å². The maximum Gasteiger partial charge on any atom is 0.321 e. The summed E-state index contributed by atoms with van der Waals surface area (Å²) in [6, 6.07) is 9.51. The van der Waals surface area contributed by atoms with E-state index in [1.165, 1.54) is 0 Å². The van der Waals surface area contributed by atoms with Crippen molar-refractivity contribution in [3.8, 4) is 0 Å². The molecule has 0 bridgehead atoms. The van der Waals surface area contributed by atoms with Crippen molar-refractivity contribution in [2.45, 2.75) is 25.8 Å². The third kappa shape index (κ3) is 3.59. The Bertz CT molecular complexity index is 684. The Balaban J connectivity index is 1.64. The highest BCUT2D eigenvalue weighted by atomic mass is 16.5. The zero-order chi connectivity index (χ0) is 16.9. The molecule has 6 heteroatoms. The lowest BCUT2D eigenvalue weighted by Gasteiger charge is -2.18. The number of aromatic nitrogens is 2. The molecule has 3 rings (SSSR count). The van der Waals surface area contributed by atoms with E-state index in [2.05, 4.69) is 21.8 Å². The molecule has 1 saturated heterocycles. The summed E-state index contributed by atoms with van der Waals surface area (Å²) in [5.41, 5.74) is 1.96. The molecule has 1 N–H and O–H groups in total. The number of hydrogen-bond donors (Lipinski definition) is 1. The highest BCUT2D eigenvalue weighted by Gasteiger charge is 2.30. The molecule has 0 saturated carbocycles. The van der Waals surface area contributed by atoms with Crippen LogP contribution in [0.5, 0.6) is 0 Å².